The van der Waals surface area contributed by atoms with Gasteiger partial charge in [-0.05, 0) is 23.1 Å². The molecule has 0 saturated heterocycles. The van der Waals surface area contributed by atoms with E-state index in [1.165, 1.54) is 12.1 Å². The molecule has 0 atom stereocenters. The molecule has 0 unspecified atom stereocenters. The van der Waals surface area contributed by atoms with E-state index in [4.69, 9.17) is 0 Å². The monoisotopic (exact) mass is 394 g/mol. The fourth-order valence-electron chi connectivity index (χ4n) is 3.29. The number of halogens is 2. The zero-order valence-corrected chi connectivity index (χ0v) is 15.6. The van der Waals surface area contributed by atoms with Gasteiger partial charge in [-0.1, -0.05) is 66.7 Å². The Labute approximate surface area is 162 Å². The van der Waals surface area contributed by atoms with Crippen molar-refractivity contribution in [2.24, 2.45) is 0 Å². The van der Waals surface area contributed by atoms with Crippen LogP contribution in [0.25, 0.3) is 21.9 Å². The maximum absolute atomic E-state index is 14.4. The molecule has 0 aliphatic rings. The van der Waals surface area contributed by atoms with Crippen molar-refractivity contribution in [3.8, 4) is 11.1 Å². The summed E-state index contributed by atoms with van der Waals surface area (Å²) in [6.07, 6.45) is 0. The zero-order valence-electron chi connectivity index (χ0n) is 14.8. The van der Waals surface area contributed by atoms with Crippen LogP contribution >= 0.6 is 0 Å². The van der Waals surface area contributed by atoms with Gasteiger partial charge < -0.3 is 0 Å². The summed E-state index contributed by atoms with van der Waals surface area (Å²) in [6, 6.07) is 22.8. The van der Waals surface area contributed by atoms with Crippen molar-refractivity contribution >= 4 is 20.6 Å². The Balaban J connectivity index is 1.80. The Hall–Kier alpha value is -3.05. The first-order chi connectivity index (χ1) is 13.5. The van der Waals surface area contributed by atoms with Crippen LogP contribution < -0.4 is 0 Å². The molecule has 4 rings (SSSR count). The SMILES string of the molecule is O=S(=O)(Cc1cc(-c2ccccc2)c(F)cc1F)c1cccc2ccccc12. The number of hydrogen-bond donors (Lipinski definition) is 0. The molecule has 0 saturated carbocycles. The van der Waals surface area contributed by atoms with Crippen molar-refractivity contribution < 1.29 is 17.2 Å². The Kier molecular flexibility index (Phi) is 4.69. The minimum atomic E-state index is -3.84. The van der Waals surface area contributed by atoms with Crippen LogP contribution in [0.3, 0.4) is 0 Å². The van der Waals surface area contributed by atoms with Crippen molar-refractivity contribution in [1.29, 1.82) is 0 Å². The molecule has 0 spiro atoms. The summed E-state index contributed by atoms with van der Waals surface area (Å²) in [4.78, 5) is 0.135. The van der Waals surface area contributed by atoms with E-state index in [0.29, 0.717) is 10.9 Å². The van der Waals surface area contributed by atoms with Crippen molar-refractivity contribution in [1.82, 2.24) is 0 Å². The molecule has 0 bridgehead atoms. The predicted molar refractivity (Wildman–Crippen MR) is 107 cm³/mol. The molecule has 0 fully saturated rings. The van der Waals surface area contributed by atoms with Crippen LogP contribution in [-0.2, 0) is 15.6 Å². The Morgan fingerprint density at radius 3 is 2.18 bits per heavy atom. The molecule has 4 aromatic carbocycles. The summed E-state index contributed by atoms with van der Waals surface area (Å²) in [6.45, 7) is 0. The average Bonchev–Trinajstić information content (AvgIpc) is 2.70. The van der Waals surface area contributed by atoms with E-state index in [2.05, 4.69) is 0 Å². The molecule has 140 valence electrons. The number of benzene rings is 4. The van der Waals surface area contributed by atoms with Gasteiger partial charge >= 0.3 is 0 Å². The number of sulfone groups is 1. The minimum absolute atomic E-state index is 0.0619. The van der Waals surface area contributed by atoms with Crippen LogP contribution in [0.5, 0.6) is 0 Å². The van der Waals surface area contributed by atoms with E-state index in [0.717, 1.165) is 11.5 Å². The standard InChI is InChI=1S/C23H16F2O2S/c24-21-14-22(25)20(17-7-2-1-3-8-17)13-18(21)15-28(26,27)23-12-6-10-16-9-4-5-11-19(16)23/h1-14H,15H2. The molecule has 0 aliphatic carbocycles. The van der Waals surface area contributed by atoms with E-state index < -0.39 is 27.2 Å². The third-order valence-corrected chi connectivity index (χ3v) is 6.37. The number of fused-ring (bicyclic) bond motifs is 1. The first kappa shape index (κ1) is 18.3. The van der Waals surface area contributed by atoms with Crippen LogP contribution in [0.15, 0.2) is 89.8 Å². The van der Waals surface area contributed by atoms with Crippen LogP contribution in [0.1, 0.15) is 5.56 Å². The van der Waals surface area contributed by atoms with Crippen LogP contribution in [0.2, 0.25) is 0 Å². The van der Waals surface area contributed by atoms with Crippen molar-refractivity contribution in [2.45, 2.75) is 10.6 Å². The fourth-order valence-corrected chi connectivity index (χ4v) is 4.89. The lowest BCUT2D eigenvalue weighted by Gasteiger charge is -2.11. The molecule has 28 heavy (non-hydrogen) atoms. The highest BCUT2D eigenvalue weighted by Crippen LogP contribution is 2.30. The summed E-state index contributed by atoms with van der Waals surface area (Å²) < 4.78 is 54.8. The summed E-state index contributed by atoms with van der Waals surface area (Å²) in [7, 11) is -3.84. The number of hydrogen-bond acceptors (Lipinski definition) is 2. The Bertz CT molecular complexity index is 1260. The second kappa shape index (κ2) is 7.17. The normalized spacial score (nSPS) is 11.6. The first-order valence-corrected chi connectivity index (χ1v) is 10.3. The smallest absolute Gasteiger partial charge is 0.183 e. The van der Waals surface area contributed by atoms with Gasteiger partial charge in [0, 0.05) is 22.6 Å². The molecule has 0 amide bonds. The summed E-state index contributed by atoms with van der Waals surface area (Å²) >= 11 is 0. The minimum Gasteiger partial charge on any atom is -0.223 e. The van der Waals surface area contributed by atoms with Crippen LogP contribution in [0.4, 0.5) is 8.78 Å². The van der Waals surface area contributed by atoms with E-state index in [-0.39, 0.29) is 16.0 Å². The quantitative estimate of drug-likeness (QED) is 0.441. The maximum atomic E-state index is 14.4. The summed E-state index contributed by atoms with van der Waals surface area (Å²) in [5.41, 5.74) is 0.669. The van der Waals surface area contributed by atoms with Gasteiger partial charge in [-0.2, -0.15) is 0 Å². The highest BCUT2D eigenvalue weighted by Gasteiger charge is 2.22. The van der Waals surface area contributed by atoms with E-state index >= 15 is 0 Å². The van der Waals surface area contributed by atoms with E-state index in [1.807, 2.05) is 18.2 Å². The highest BCUT2D eigenvalue weighted by atomic mass is 32.2. The molecule has 0 aliphatic heterocycles. The van der Waals surface area contributed by atoms with Gasteiger partial charge in [-0.3, -0.25) is 0 Å². The molecule has 5 heteroatoms. The Morgan fingerprint density at radius 2 is 1.39 bits per heavy atom. The zero-order chi connectivity index (χ0) is 19.7. The second-order valence-corrected chi connectivity index (χ2v) is 8.48. The van der Waals surface area contributed by atoms with Gasteiger partial charge in [-0.25, -0.2) is 17.2 Å². The molecule has 0 heterocycles. The average molecular weight is 394 g/mol. The molecule has 2 nitrogen and oxygen atoms in total. The van der Waals surface area contributed by atoms with Crippen molar-refractivity contribution in [3.63, 3.8) is 0 Å². The second-order valence-electron chi connectivity index (χ2n) is 6.53. The third kappa shape index (κ3) is 3.41. The fraction of sp³-hybridized carbons (Fsp3) is 0.0435. The lowest BCUT2D eigenvalue weighted by molar-refractivity contribution is 0.571. The van der Waals surface area contributed by atoms with Gasteiger partial charge in [-0.15, -0.1) is 0 Å². The first-order valence-electron chi connectivity index (χ1n) is 8.69. The maximum Gasteiger partial charge on any atom is 0.183 e. The van der Waals surface area contributed by atoms with Gasteiger partial charge in [0.25, 0.3) is 0 Å². The Morgan fingerprint density at radius 1 is 0.714 bits per heavy atom. The lowest BCUT2D eigenvalue weighted by atomic mass is 10.0. The molecule has 0 aromatic heterocycles. The molecular weight excluding hydrogens is 378 g/mol. The largest absolute Gasteiger partial charge is 0.223 e. The summed E-state index contributed by atoms with van der Waals surface area (Å²) in [5, 5.41) is 1.36. The number of rotatable bonds is 4. The molecule has 0 N–H and O–H groups in total. The van der Waals surface area contributed by atoms with Crippen molar-refractivity contribution in [2.75, 3.05) is 0 Å². The van der Waals surface area contributed by atoms with E-state index in [9.17, 15) is 17.2 Å². The van der Waals surface area contributed by atoms with Crippen LogP contribution in [0, 0.1) is 11.6 Å². The molecular formula is C23H16F2O2S. The third-order valence-electron chi connectivity index (χ3n) is 4.65. The van der Waals surface area contributed by atoms with E-state index in [1.54, 1.807) is 48.5 Å². The van der Waals surface area contributed by atoms with Gasteiger partial charge in [0.1, 0.15) is 11.6 Å². The predicted octanol–water partition coefficient (Wildman–Crippen LogP) is 5.76. The van der Waals surface area contributed by atoms with Gasteiger partial charge in [0.2, 0.25) is 0 Å². The summed E-state index contributed by atoms with van der Waals surface area (Å²) in [5.74, 6) is -2.15. The highest BCUT2D eigenvalue weighted by molar-refractivity contribution is 7.90. The topological polar surface area (TPSA) is 34.1 Å². The molecule has 4 aromatic rings. The lowest BCUT2D eigenvalue weighted by Crippen LogP contribution is -2.08. The van der Waals surface area contributed by atoms with Crippen LogP contribution in [-0.4, -0.2) is 8.42 Å². The van der Waals surface area contributed by atoms with Gasteiger partial charge in [0.05, 0.1) is 10.6 Å². The molecule has 0 radical (unpaired) electrons. The van der Waals surface area contributed by atoms with Gasteiger partial charge in [0.15, 0.2) is 9.84 Å². The van der Waals surface area contributed by atoms with Crippen molar-refractivity contribution in [3.05, 3.63) is 102 Å².